The summed E-state index contributed by atoms with van der Waals surface area (Å²) in [6.07, 6.45) is 1.51. The Morgan fingerprint density at radius 2 is 2.09 bits per heavy atom. The number of fused-ring (bicyclic) bond motifs is 1. The fourth-order valence-electron chi connectivity index (χ4n) is 2.63. The predicted molar refractivity (Wildman–Crippen MR) is 92.7 cm³/mol. The largest absolute Gasteiger partial charge is 0.355 e. The van der Waals surface area contributed by atoms with E-state index < -0.39 is 0 Å². The molecule has 0 unspecified atom stereocenters. The molecule has 0 saturated heterocycles. The average molecular weight is 345 g/mol. The molecule has 7 heteroatoms. The molecule has 0 fully saturated rings. The molecule has 0 saturated carbocycles. The van der Waals surface area contributed by atoms with Crippen molar-refractivity contribution in [1.82, 2.24) is 15.0 Å². The van der Waals surface area contributed by atoms with Gasteiger partial charge in [-0.3, -0.25) is 9.59 Å². The van der Waals surface area contributed by atoms with Crippen LogP contribution in [0.4, 0.5) is 0 Å². The molecular formula is C16H15N3O2S2. The van der Waals surface area contributed by atoms with Crippen LogP contribution in [0.15, 0.2) is 22.8 Å². The molecule has 5 nitrogen and oxygen atoms in total. The summed E-state index contributed by atoms with van der Waals surface area (Å²) in [6, 6.07) is 1.94. The van der Waals surface area contributed by atoms with Gasteiger partial charge in [0.25, 0.3) is 0 Å². The molecule has 0 aliphatic heterocycles. The van der Waals surface area contributed by atoms with Crippen molar-refractivity contribution in [3.63, 3.8) is 0 Å². The molecule has 0 atom stereocenters. The molecule has 0 radical (unpaired) electrons. The number of carbonyl (C=O) groups excluding carboxylic acids is 2. The molecule has 0 aromatic carbocycles. The molecular weight excluding hydrogens is 330 g/mol. The molecule has 3 heterocycles. The normalized spacial score (nSPS) is 11.1. The first-order chi connectivity index (χ1) is 11.0. The van der Waals surface area contributed by atoms with Gasteiger partial charge in [-0.05, 0) is 37.8 Å². The number of hydrogen-bond acceptors (Lipinski definition) is 6. The first-order valence-electron chi connectivity index (χ1n) is 7.03. The van der Waals surface area contributed by atoms with E-state index >= 15 is 0 Å². The topological polar surface area (TPSA) is 75.7 Å². The van der Waals surface area contributed by atoms with E-state index in [1.54, 1.807) is 18.3 Å². The molecule has 0 spiro atoms. The number of hydrogen-bond donors (Lipinski definition) is 1. The first kappa shape index (κ1) is 15.9. The fourth-order valence-corrected chi connectivity index (χ4v) is 4.45. The van der Waals surface area contributed by atoms with Crippen LogP contribution in [0.1, 0.15) is 39.0 Å². The number of aromatic amines is 1. The zero-order valence-corrected chi connectivity index (χ0v) is 14.6. The number of aromatic nitrogens is 3. The molecule has 3 aromatic rings. The second kappa shape index (κ2) is 6.25. The van der Waals surface area contributed by atoms with Crippen LogP contribution in [0.3, 0.4) is 0 Å². The average Bonchev–Trinajstić information content (AvgIpc) is 3.09. The molecule has 3 aromatic heterocycles. The summed E-state index contributed by atoms with van der Waals surface area (Å²) in [4.78, 5) is 35.7. The lowest BCUT2D eigenvalue weighted by Gasteiger charge is -2.02. The molecule has 3 rings (SSSR count). The van der Waals surface area contributed by atoms with Crippen molar-refractivity contribution in [3.8, 4) is 0 Å². The number of ketones is 2. The van der Waals surface area contributed by atoms with Crippen LogP contribution in [0, 0.1) is 13.8 Å². The highest BCUT2D eigenvalue weighted by Crippen LogP contribution is 2.29. The standard InChI is InChI=1S/C16H15N3O2S2/c1-8-13(10(3)20)9(2)19-14(8)12(21)6-23-16-15-11(4-5-22-15)17-7-18-16/h4-5,7,19H,6H2,1-3H3. The Balaban J connectivity index is 1.82. The van der Waals surface area contributed by atoms with Crippen LogP contribution < -0.4 is 0 Å². The Labute approximate surface area is 141 Å². The van der Waals surface area contributed by atoms with Crippen molar-refractivity contribution in [1.29, 1.82) is 0 Å². The minimum absolute atomic E-state index is 0.0287. The highest BCUT2D eigenvalue weighted by atomic mass is 32.2. The molecule has 1 N–H and O–H groups in total. The maximum absolute atomic E-state index is 12.5. The predicted octanol–water partition coefficient (Wildman–Crippen LogP) is 3.81. The van der Waals surface area contributed by atoms with Gasteiger partial charge in [-0.1, -0.05) is 11.8 Å². The van der Waals surface area contributed by atoms with E-state index in [0.29, 0.717) is 11.3 Å². The summed E-state index contributed by atoms with van der Waals surface area (Å²) in [5.41, 5.74) is 3.49. The second-order valence-corrected chi connectivity index (χ2v) is 7.09. The van der Waals surface area contributed by atoms with Crippen molar-refractivity contribution >= 4 is 44.9 Å². The minimum atomic E-state index is -0.0357. The van der Waals surface area contributed by atoms with Crippen molar-refractivity contribution < 1.29 is 9.59 Å². The maximum atomic E-state index is 12.5. The third-order valence-corrected chi connectivity index (χ3v) is 5.65. The summed E-state index contributed by atoms with van der Waals surface area (Å²) < 4.78 is 0.995. The van der Waals surface area contributed by atoms with Gasteiger partial charge in [0.05, 0.1) is 21.7 Å². The number of carbonyl (C=O) groups is 2. The number of thioether (sulfide) groups is 1. The monoisotopic (exact) mass is 345 g/mol. The number of thiophene rings is 1. The van der Waals surface area contributed by atoms with Gasteiger partial charge >= 0.3 is 0 Å². The van der Waals surface area contributed by atoms with Gasteiger partial charge in [0.15, 0.2) is 11.6 Å². The van der Waals surface area contributed by atoms with Gasteiger partial charge in [0, 0.05) is 11.3 Å². The van der Waals surface area contributed by atoms with Crippen molar-refractivity contribution in [2.45, 2.75) is 25.8 Å². The van der Waals surface area contributed by atoms with Gasteiger partial charge in [-0.2, -0.15) is 0 Å². The van der Waals surface area contributed by atoms with Crippen LogP contribution in [0.2, 0.25) is 0 Å². The molecule has 0 amide bonds. The van der Waals surface area contributed by atoms with E-state index in [0.717, 1.165) is 26.5 Å². The number of rotatable bonds is 5. The van der Waals surface area contributed by atoms with Crippen molar-refractivity contribution in [3.05, 3.63) is 40.3 Å². The van der Waals surface area contributed by atoms with Gasteiger partial charge < -0.3 is 4.98 Å². The van der Waals surface area contributed by atoms with Gasteiger partial charge in [-0.15, -0.1) is 11.3 Å². The summed E-state index contributed by atoms with van der Waals surface area (Å²) in [7, 11) is 0. The Bertz CT molecular complexity index is 911. The van der Waals surface area contributed by atoms with Crippen LogP contribution in [0.5, 0.6) is 0 Å². The summed E-state index contributed by atoms with van der Waals surface area (Å²) in [5.74, 6) is 0.202. The van der Waals surface area contributed by atoms with E-state index in [1.165, 1.54) is 25.0 Å². The number of aryl methyl sites for hydroxylation is 1. The number of nitrogens with one attached hydrogen (secondary N) is 1. The molecule has 23 heavy (non-hydrogen) atoms. The van der Waals surface area contributed by atoms with Crippen molar-refractivity contribution in [2.24, 2.45) is 0 Å². The highest BCUT2D eigenvalue weighted by Gasteiger charge is 2.20. The molecule has 0 bridgehead atoms. The maximum Gasteiger partial charge on any atom is 0.189 e. The Morgan fingerprint density at radius 1 is 1.30 bits per heavy atom. The zero-order chi connectivity index (χ0) is 16.6. The Hall–Kier alpha value is -1.99. The lowest BCUT2D eigenvalue weighted by molar-refractivity contribution is 0.101. The SMILES string of the molecule is CC(=O)c1c(C)[nH]c(C(=O)CSc2ncnc3ccsc23)c1C. The van der Waals surface area contributed by atoms with Gasteiger partial charge in [-0.25, -0.2) is 9.97 Å². The Kier molecular flexibility index (Phi) is 4.32. The van der Waals surface area contributed by atoms with E-state index in [4.69, 9.17) is 0 Å². The third kappa shape index (κ3) is 2.94. The summed E-state index contributed by atoms with van der Waals surface area (Å²) in [5, 5.41) is 2.77. The quantitative estimate of drug-likeness (QED) is 0.432. The summed E-state index contributed by atoms with van der Waals surface area (Å²) >= 11 is 2.96. The van der Waals surface area contributed by atoms with Crippen LogP contribution in [-0.2, 0) is 0 Å². The lowest BCUT2D eigenvalue weighted by Crippen LogP contribution is -2.06. The van der Waals surface area contributed by atoms with Crippen molar-refractivity contribution in [2.75, 3.05) is 5.75 Å². The first-order valence-corrected chi connectivity index (χ1v) is 8.90. The number of H-pyrrole nitrogens is 1. The van der Waals surface area contributed by atoms with E-state index in [1.807, 2.05) is 18.4 Å². The van der Waals surface area contributed by atoms with E-state index in [9.17, 15) is 9.59 Å². The minimum Gasteiger partial charge on any atom is -0.355 e. The van der Waals surface area contributed by atoms with Crippen LogP contribution in [-0.4, -0.2) is 32.3 Å². The molecule has 0 aliphatic rings. The number of Topliss-reactive ketones (excluding diaryl/α,β-unsaturated/α-hetero) is 2. The Morgan fingerprint density at radius 3 is 2.78 bits per heavy atom. The molecule has 0 aliphatic carbocycles. The smallest absolute Gasteiger partial charge is 0.189 e. The second-order valence-electron chi connectivity index (χ2n) is 5.21. The highest BCUT2D eigenvalue weighted by molar-refractivity contribution is 8.00. The lowest BCUT2D eigenvalue weighted by atomic mass is 10.1. The van der Waals surface area contributed by atoms with Gasteiger partial charge in [0.2, 0.25) is 0 Å². The van der Waals surface area contributed by atoms with E-state index in [-0.39, 0.29) is 17.3 Å². The van der Waals surface area contributed by atoms with E-state index in [2.05, 4.69) is 15.0 Å². The van der Waals surface area contributed by atoms with Crippen LogP contribution in [0.25, 0.3) is 10.2 Å². The van der Waals surface area contributed by atoms with Gasteiger partial charge in [0.1, 0.15) is 11.4 Å². The fraction of sp³-hybridized carbons (Fsp3) is 0.250. The zero-order valence-electron chi connectivity index (χ0n) is 13.0. The molecule has 118 valence electrons. The van der Waals surface area contributed by atoms with Crippen LogP contribution >= 0.6 is 23.1 Å². The third-order valence-electron chi connectivity index (χ3n) is 3.62. The number of nitrogens with zero attached hydrogens (tertiary/aromatic N) is 2. The summed E-state index contributed by atoms with van der Waals surface area (Å²) in [6.45, 7) is 5.13.